The van der Waals surface area contributed by atoms with E-state index in [1.165, 1.54) is 0 Å². The minimum absolute atomic E-state index is 0.0544. The van der Waals surface area contributed by atoms with Gasteiger partial charge in [0.15, 0.2) is 0 Å². The van der Waals surface area contributed by atoms with Crippen molar-refractivity contribution in [3.05, 3.63) is 0 Å². The molecule has 0 spiro atoms. The van der Waals surface area contributed by atoms with Crippen molar-refractivity contribution in [3.8, 4) is 0 Å². The molecule has 84 valence electrons. The van der Waals surface area contributed by atoms with Crippen LogP contribution in [0.25, 0.3) is 0 Å². The van der Waals surface area contributed by atoms with Gasteiger partial charge in [0.25, 0.3) is 0 Å². The summed E-state index contributed by atoms with van der Waals surface area (Å²) in [7, 11) is 5.85. The molecule has 0 aliphatic heterocycles. The molecular formula is C10H23N3O. The Morgan fingerprint density at radius 3 is 2.36 bits per heavy atom. The normalized spacial score (nSPS) is 11.9. The minimum Gasteiger partial charge on any atom is -0.354 e. The van der Waals surface area contributed by atoms with E-state index in [1.807, 2.05) is 27.9 Å². The molecule has 0 heterocycles. The SMILES string of the molecule is CNC(C)(C)C(=O)NCCCN(C)C. The second kappa shape index (κ2) is 5.98. The fourth-order valence-corrected chi connectivity index (χ4v) is 0.932. The molecule has 4 heteroatoms. The summed E-state index contributed by atoms with van der Waals surface area (Å²) in [5.41, 5.74) is -0.474. The Kier molecular flexibility index (Phi) is 5.72. The van der Waals surface area contributed by atoms with Crippen LogP contribution in [0.1, 0.15) is 20.3 Å². The van der Waals surface area contributed by atoms with Crippen LogP contribution in [0.5, 0.6) is 0 Å². The van der Waals surface area contributed by atoms with Gasteiger partial charge in [0, 0.05) is 6.54 Å². The molecule has 4 nitrogen and oxygen atoms in total. The van der Waals surface area contributed by atoms with Crippen molar-refractivity contribution in [2.45, 2.75) is 25.8 Å². The Balaban J connectivity index is 3.64. The van der Waals surface area contributed by atoms with Crippen LogP contribution >= 0.6 is 0 Å². The highest BCUT2D eigenvalue weighted by Gasteiger charge is 2.24. The third-order valence-corrected chi connectivity index (χ3v) is 2.26. The quantitative estimate of drug-likeness (QED) is 0.597. The molecule has 0 rings (SSSR count). The number of hydrogen-bond donors (Lipinski definition) is 2. The Hall–Kier alpha value is -0.610. The molecule has 0 aliphatic rings. The largest absolute Gasteiger partial charge is 0.354 e. The number of carbonyl (C=O) groups excluding carboxylic acids is 1. The number of nitrogens with zero attached hydrogens (tertiary/aromatic N) is 1. The van der Waals surface area contributed by atoms with E-state index < -0.39 is 5.54 Å². The van der Waals surface area contributed by atoms with E-state index in [0.29, 0.717) is 0 Å². The summed E-state index contributed by atoms with van der Waals surface area (Å²) < 4.78 is 0. The summed E-state index contributed by atoms with van der Waals surface area (Å²) in [6.07, 6.45) is 0.985. The Labute approximate surface area is 87.0 Å². The summed E-state index contributed by atoms with van der Waals surface area (Å²) >= 11 is 0. The molecule has 0 saturated carbocycles. The predicted octanol–water partition coefficient (Wildman–Crippen LogP) is 0.0523. The molecule has 0 aromatic heterocycles. The Bertz CT molecular complexity index is 178. The highest BCUT2D eigenvalue weighted by atomic mass is 16.2. The van der Waals surface area contributed by atoms with E-state index in [1.54, 1.807) is 7.05 Å². The molecule has 1 amide bonds. The average molecular weight is 201 g/mol. The maximum Gasteiger partial charge on any atom is 0.239 e. The third-order valence-electron chi connectivity index (χ3n) is 2.26. The molecule has 2 N–H and O–H groups in total. The lowest BCUT2D eigenvalue weighted by molar-refractivity contribution is -0.126. The van der Waals surface area contributed by atoms with Gasteiger partial charge in [0.2, 0.25) is 5.91 Å². The van der Waals surface area contributed by atoms with E-state index in [2.05, 4.69) is 15.5 Å². The first kappa shape index (κ1) is 13.4. The van der Waals surface area contributed by atoms with E-state index >= 15 is 0 Å². The summed E-state index contributed by atoms with van der Waals surface area (Å²) in [6, 6.07) is 0. The van der Waals surface area contributed by atoms with Crippen molar-refractivity contribution in [2.75, 3.05) is 34.2 Å². The van der Waals surface area contributed by atoms with E-state index in [9.17, 15) is 4.79 Å². The molecule has 0 atom stereocenters. The molecule has 0 bridgehead atoms. The average Bonchev–Trinajstić information content (AvgIpc) is 2.11. The summed E-state index contributed by atoms with van der Waals surface area (Å²) in [5.74, 6) is 0.0544. The molecule has 0 unspecified atom stereocenters. The number of carbonyl (C=O) groups is 1. The number of amides is 1. The molecule has 0 aromatic carbocycles. The second-order valence-corrected chi connectivity index (χ2v) is 4.29. The summed E-state index contributed by atoms with van der Waals surface area (Å²) in [4.78, 5) is 13.7. The number of hydrogen-bond acceptors (Lipinski definition) is 3. The zero-order valence-corrected chi connectivity index (χ0v) is 9.98. The van der Waals surface area contributed by atoms with Gasteiger partial charge >= 0.3 is 0 Å². The second-order valence-electron chi connectivity index (χ2n) is 4.29. The third kappa shape index (κ3) is 5.19. The molecular weight excluding hydrogens is 178 g/mol. The van der Waals surface area contributed by atoms with Gasteiger partial charge in [-0.1, -0.05) is 0 Å². The Morgan fingerprint density at radius 1 is 1.36 bits per heavy atom. The standard InChI is InChI=1S/C10H23N3O/c1-10(2,11-3)9(14)12-7-6-8-13(4)5/h11H,6-8H2,1-5H3,(H,12,14). The van der Waals surface area contributed by atoms with Crippen LogP contribution < -0.4 is 10.6 Å². The maximum atomic E-state index is 11.6. The maximum absolute atomic E-state index is 11.6. The first-order chi connectivity index (χ1) is 6.40. The van der Waals surface area contributed by atoms with Crippen LogP contribution in [0.3, 0.4) is 0 Å². The lowest BCUT2D eigenvalue weighted by Gasteiger charge is -2.22. The van der Waals surface area contributed by atoms with Gasteiger partial charge < -0.3 is 15.5 Å². The van der Waals surface area contributed by atoms with Gasteiger partial charge in [0.1, 0.15) is 0 Å². The summed E-state index contributed by atoms with van der Waals surface area (Å²) in [5, 5.41) is 5.87. The minimum atomic E-state index is -0.474. The zero-order chi connectivity index (χ0) is 11.2. The fraction of sp³-hybridized carbons (Fsp3) is 0.900. The molecule has 0 aliphatic carbocycles. The molecule has 0 radical (unpaired) electrons. The van der Waals surface area contributed by atoms with Gasteiger partial charge in [-0.2, -0.15) is 0 Å². The van der Waals surface area contributed by atoms with Crippen molar-refractivity contribution >= 4 is 5.91 Å². The highest BCUT2D eigenvalue weighted by Crippen LogP contribution is 1.99. The fourth-order valence-electron chi connectivity index (χ4n) is 0.932. The van der Waals surface area contributed by atoms with Crippen LogP contribution in [0.15, 0.2) is 0 Å². The monoisotopic (exact) mass is 201 g/mol. The molecule has 14 heavy (non-hydrogen) atoms. The van der Waals surface area contributed by atoms with Crippen molar-refractivity contribution in [2.24, 2.45) is 0 Å². The molecule has 0 aromatic rings. The van der Waals surface area contributed by atoms with E-state index in [4.69, 9.17) is 0 Å². The van der Waals surface area contributed by atoms with Crippen LogP contribution in [0.4, 0.5) is 0 Å². The van der Waals surface area contributed by atoms with Gasteiger partial charge in [-0.05, 0) is 48.0 Å². The van der Waals surface area contributed by atoms with Crippen molar-refractivity contribution in [3.63, 3.8) is 0 Å². The van der Waals surface area contributed by atoms with Crippen molar-refractivity contribution in [1.82, 2.24) is 15.5 Å². The van der Waals surface area contributed by atoms with Gasteiger partial charge in [0.05, 0.1) is 5.54 Å². The first-order valence-electron chi connectivity index (χ1n) is 5.02. The van der Waals surface area contributed by atoms with Gasteiger partial charge in [-0.25, -0.2) is 0 Å². The Morgan fingerprint density at radius 2 is 1.93 bits per heavy atom. The van der Waals surface area contributed by atoms with E-state index in [-0.39, 0.29) is 5.91 Å². The lowest BCUT2D eigenvalue weighted by atomic mass is 10.1. The highest BCUT2D eigenvalue weighted by molar-refractivity contribution is 5.85. The van der Waals surface area contributed by atoms with Crippen LogP contribution in [-0.4, -0.2) is 50.6 Å². The first-order valence-corrected chi connectivity index (χ1v) is 5.02. The number of likely N-dealkylation sites (N-methyl/N-ethyl adjacent to an activating group) is 1. The zero-order valence-electron chi connectivity index (χ0n) is 9.98. The van der Waals surface area contributed by atoms with Gasteiger partial charge in [-0.15, -0.1) is 0 Å². The van der Waals surface area contributed by atoms with E-state index in [0.717, 1.165) is 19.5 Å². The smallest absolute Gasteiger partial charge is 0.239 e. The molecule has 0 saturated heterocycles. The lowest BCUT2D eigenvalue weighted by Crippen LogP contribution is -2.51. The van der Waals surface area contributed by atoms with Gasteiger partial charge in [-0.3, -0.25) is 4.79 Å². The van der Waals surface area contributed by atoms with Crippen LogP contribution in [0.2, 0.25) is 0 Å². The predicted molar refractivity (Wildman–Crippen MR) is 59.3 cm³/mol. The molecule has 0 fully saturated rings. The van der Waals surface area contributed by atoms with Crippen LogP contribution in [-0.2, 0) is 4.79 Å². The van der Waals surface area contributed by atoms with Crippen molar-refractivity contribution in [1.29, 1.82) is 0 Å². The topological polar surface area (TPSA) is 44.4 Å². The number of rotatable bonds is 6. The summed E-state index contributed by atoms with van der Waals surface area (Å²) in [6.45, 7) is 5.48. The number of nitrogens with one attached hydrogen (secondary N) is 2. The van der Waals surface area contributed by atoms with Crippen LogP contribution in [0, 0.1) is 0 Å². The van der Waals surface area contributed by atoms with Crippen molar-refractivity contribution < 1.29 is 4.79 Å².